The Morgan fingerprint density at radius 3 is 1.62 bits per heavy atom. The molecule has 0 radical (unpaired) electrons. The predicted molar refractivity (Wildman–Crippen MR) is 173 cm³/mol. The largest absolute Gasteiger partial charge is 0.327 e. The predicted octanol–water partition coefficient (Wildman–Crippen LogP) is 8.84. The molecular weight excluding hydrogens is 512 g/mol. The number of nitrogens with zero attached hydrogens (tertiary/aromatic N) is 4. The number of para-hydroxylation sites is 4. The molecule has 0 saturated heterocycles. The number of benzene rings is 5. The molecular formula is C38H30N4. The zero-order valence-corrected chi connectivity index (χ0v) is 23.8. The molecule has 0 spiro atoms. The maximum atomic E-state index is 4.90. The number of hydrogen-bond donors (Lipinski definition) is 0. The van der Waals surface area contributed by atoms with Crippen LogP contribution in [0.5, 0.6) is 0 Å². The van der Waals surface area contributed by atoms with E-state index < -0.39 is 0 Å². The third-order valence-corrected chi connectivity index (χ3v) is 8.66. The van der Waals surface area contributed by atoms with Gasteiger partial charge in [-0.3, -0.25) is 0 Å². The minimum atomic E-state index is 0.985. The third-order valence-electron chi connectivity index (χ3n) is 8.66. The summed E-state index contributed by atoms with van der Waals surface area (Å²) in [6, 6.07) is 41.2. The molecule has 0 N–H and O–H groups in total. The van der Waals surface area contributed by atoms with Crippen LogP contribution in [0.3, 0.4) is 0 Å². The lowest BCUT2D eigenvalue weighted by Gasteiger charge is -2.22. The molecule has 42 heavy (non-hydrogen) atoms. The molecule has 0 aliphatic heterocycles. The van der Waals surface area contributed by atoms with Crippen molar-refractivity contribution < 1.29 is 0 Å². The van der Waals surface area contributed by atoms with Crippen LogP contribution in [0.4, 0.5) is 0 Å². The van der Waals surface area contributed by atoms with Crippen molar-refractivity contribution in [3.63, 3.8) is 0 Å². The number of rotatable bonds is 4. The van der Waals surface area contributed by atoms with Gasteiger partial charge in [-0.15, -0.1) is 0 Å². The number of imidazole rings is 2. The molecule has 1 aliphatic carbocycles. The van der Waals surface area contributed by atoms with E-state index in [0.29, 0.717) is 0 Å². The van der Waals surface area contributed by atoms with Crippen molar-refractivity contribution in [2.24, 2.45) is 14.1 Å². The van der Waals surface area contributed by atoms with Gasteiger partial charge in [-0.1, -0.05) is 97.1 Å². The van der Waals surface area contributed by atoms with Crippen LogP contribution in [0.25, 0.3) is 61.5 Å². The van der Waals surface area contributed by atoms with Gasteiger partial charge < -0.3 is 9.13 Å². The highest BCUT2D eigenvalue weighted by molar-refractivity contribution is 5.92. The van der Waals surface area contributed by atoms with E-state index in [1.54, 1.807) is 0 Å². The fourth-order valence-corrected chi connectivity index (χ4v) is 6.51. The van der Waals surface area contributed by atoms with Crippen LogP contribution in [0.1, 0.15) is 23.1 Å². The number of hydrogen-bond acceptors (Lipinski definition) is 2. The fraction of sp³-hybridized carbons (Fsp3) is 0.105. The number of allylic oxidation sites excluding steroid dienone is 1. The van der Waals surface area contributed by atoms with Gasteiger partial charge in [0, 0.05) is 25.2 Å². The normalized spacial score (nSPS) is 13.0. The number of aryl methyl sites for hydroxylation is 3. The summed E-state index contributed by atoms with van der Waals surface area (Å²) in [6.07, 6.45) is 4.51. The lowest BCUT2D eigenvalue weighted by atomic mass is 9.82. The second-order valence-corrected chi connectivity index (χ2v) is 11.1. The Morgan fingerprint density at radius 1 is 0.524 bits per heavy atom. The molecule has 4 heteroatoms. The van der Waals surface area contributed by atoms with Crippen LogP contribution < -0.4 is 0 Å². The van der Waals surface area contributed by atoms with Crippen molar-refractivity contribution in [1.29, 1.82) is 0 Å². The highest BCUT2D eigenvalue weighted by Gasteiger charge is 2.20. The van der Waals surface area contributed by atoms with Gasteiger partial charge in [0.15, 0.2) is 0 Å². The van der Waals surface area contributed by atoms with E-state index in [2.05, 4.69) is 132 Å². The standard InChI is InChI=1S/C38H30N4/c1-41-34-15-5-3-13-32(34)39-37(41)28-21-17-25(18-22-28)30-11-7-9-27-10-8-12-31(36(27)30)26-19-23-29(24-20-26)38-40-33-14-4-6-16-35(33)42(38)2/h3-7,9,11-24H,8,10H2,1-2H3. The van der Waals surface area contributed by atoms with E-state index in [0.717, 1.165) is 57.7 Å². The van der Waals surface area contributed by atoms with Crippen molar-refractivity contribution in [3.05, 3.63) is 138 Å². The Hall–Kier alpha value is -5.22. The van der Waals surface area contributed by atoms with Gasteiger partial charge in [0.05, 0.1) is 22.1 Å². The van der Waals surface area contributed by atoms with Crippen LogP contribution in [0.2, 0.25) is 0 Å². The topological polar surface area (TPSA) is 35.6 Å². The van der Waals surface area contributed by atoms with Crippen molar-refractivity contribution in [3.8, 4) is 33.9 Å². The van der Waals surface area contributed by atoms with Crippen molar-refractivity contribution in [2.45, 2.75) is 12.8 Å². The quantitative estimate of drug-likeness (QED) is 0.223. The molecule has 0 saturated carbocycles. The monoisotopic (exact) mass is 542 g/mol. The molecule has 1 aliphatic rings. The molecule has 0 unspecified atom stereocenters. The van der Waals surface area contributed by atoms with Crippen molar-refractivity contribution in [1.82, 2.24) is 19.1 Å². The maximum absolute atomic E-state index is 4.90. The van der Waals surface area contributed by atoms with Gasteiger partial charge in [0.1, 0.15) is 11.6 Å². The summed E-state index contributed by atoms with van der Waals surface area (Å²) in [7, 11) is 4.18. The Bertz CT molecular complexity index is 2140. The molecule has 0 atom stereocenters. The molecule has 0 amide bonds. The van der Waals surface area contributed by atoms with Crippen LogP contribution in [0.15, 0.2) is 121 Å². The molecule has 8 rings (SSSR count). The summed E-state index contributed by atoms with van der Waals surface area (Å²) >= 11 is 0. The van der Waals surface area contributed by atoms with Crippen LogP contribution in [-0.4, -0.2) is 19.1 Å². The second-order valence-electron chi connectivity index (χ2n) is 11.1. The van der Waals surface area contributed by atoms with Gasteiger partial charge in [-0.05, 0) is 70.5 Å². The van der Waals surface area contributed by atoms with Crippen molar-refractivity contribution in [2.75, 3.05) is 0 Å². The van der Waals surface area contributed by atoms with Crippen molar-refractivity contribution >= 4 is 27.6 Å². The van der Waals surface area contributed by atoms with E-state index >= 15 is 0 Å². The summed E-state index contributed by atoms with van der Waals surface area (Å²) in [5.74, 6) is 1.97. The lowest BCUT2D eigenvalue weighted by Crippen LogP contribution is -2.03. The molecule has 4 nitrogen and oxygen atoms in total. The molecule has 2 aromatic heterocycles. The lowest BCUT2D eigenvalue weighted by molar-refractivity contribution is 0.959. The van der Waals surface area contributed by atoms with E-state index in [4.69, 9.17) is 9.97 Å². The Morgan fingerprint density at radius 2 is 1.05 bits per heavy atom. The number of aromatic nitrogens is 4. The number of fused-ring (bicyclic) bond motifs is 3. The highest BCUT2D eigenvalue weighted by Crippen LogP contribution is 2.40. The zero-order valence-electron chi connectivity index (χ0n) is 23.8. The third kappa shape index (κ3) is 3.91. The summed E-state index contributed by atoms with van der Waals surface area (Å²) < 4.78 is 4.35. The van der Waals surface area contributed by atoms with Gasteiger partial charge in [-0.25, -0.2) is 9.97 Å². The van der Waals surface area contributed by atoms with Crippen LogP contribution in [-0.2, 0) is 20.5 Å². The molecule has 7 aromatic rings. The minimum absolute atomic E-state index is 0.985. The van der Waals surface area contributed by atoms with E-state index in [9.17, 15) is 0 Å². The molecule has 0 bridgehead atoms. The van der Waals surface area contributed by atoms with Gasteiger partial charge in [0.25, 0.3) is 0 Å². The Labute approximate surface area is 245 Å². The zero-order chi connectivity index (χ0) is 28.2. The first kappa shape index (κ1) is 24.6. The Kier molecular flexibility index (Phi) is 5.68. The molecule has 0 fully saturated rings. The van der Waals surface area contributed by atoms with E-state index in [-0.39, 0.29) is 0 Å². The molecule has 5 aromatic carbocycles. The molecule has 202 valence electrons. The Balaban J connectivity index is 1.16. The fourth-order valence-electron chi connectivity index (χ4n) is 6.51. The average molecular weight is 543 g/mol. The average Bonchev–Trinajstić information content (AvgIpc) is 3.57. The van der Waals surface area contributed by atoms with E-state index in [1.165, 1.54) is 33.4 Å². The van der Waals surface area contributed by atoms with Gasteiger partial charge in [0.2, 0.25) is 0 Å². The SMILES string of the molecule is Cn1c(-c2ccc(C3=CCCc4cccc(-c5ccc(-c6nc7ccccc7n6C)cc5)c43)cc2)nc2ccccc21. The second kappa shape index (κ2) is 9.71. The van der Waals surface area contributed by atoms with Crippen LogP contribution >= 0.6 is 0 Å². The maximum Gasteiger partial charge on any atom is 0.140 e. The van der Waals surface area contributed by atoms with Crippen LogP contribution in [0, 0.1) is 0 Å². The summed E-state index contributed by atoms with van der Waals surface area (Å²) in [5, 5.41) is 0. The highest BCUT2D eigenvalue weighted by atomic mass is 15.1. The van der Waals surface area contributed by atoms with E-state index in [1.807, 2.05) is 12.1 Å². The first-order chi connectivity index (χ1) is 20.7. The molecule has 2 heterocycles. The van der Waals surface area contributed by atoms with Gasteiger partial charge >= 0.3 is 0 Å². The summed E-state index contributed by atoms with van der Waals surface area (Å²) in [5.41, 5.74) is 14.4. The smallest absolute Gasteiger partial charge is 0.140 e. The van der Waals surface area contributed by atoms with Gasteiger partial charge in [-0.2, -0.15) is 0 Å². The summed E-state index contributed by atoms with van der Waals surface area (Å²) in [4.78, 5) is 9.80. The first-order valence-electron chi connectivity index (χ1n) is 14.5. The minimum Gasteiger partial charge on any atom is -0.327 e. The summed E-state index contributed by atoms with van der Waals surface area (Å²) in [6.45, 7) is 0. The first-order valence-corrected chi connectivity index (χ1v) is 14.5.